The number of fused-ring (bicyclic) bond motifs is 1. The van der Waals surface area contributed by atoms with Gasteiger partial charge in [-0.25, -0.2) is 4.98 Å². The highest BCUT2D eigenvalue weighted by molar-refractivity contribution is 5.26. The maximum Gasteiger partial charge on any atom is 0.112 e. The third-order valence-corrected chi connectivity index (χ3v) is 4.85. The Bertz CT molecular complexity index is 439. The largest absolute Gasteiger partial charge is 0.332 e. The van der Waals surface area contributed by atoms with Crippen LogP contribution in [0, 0.1) is 0 Å². The van der Waals surface area contributed by atoms with Crippen LogP contribution in [0.25, 0.3) is 0 Å². The van der Waals surface area contributed by atoms with Crippen LogP contribution >= 0.6 is 0 Å². The highest BCUT2D eigenvalue weighted by atomic mass is 15.1. The molecule has 1 N–H and O–H groups in total. The van der Waals surface area contributed by atoms with E-state index in [-0.39, 0.29) is 0 Å². The standard InChI is InChI=1S/C15H23N3/c1-2-10-18-13(3-1)14(11-6-8-16-9-7-11)17-15(18)12-4-5-12/h11-12,16H,1-10H2. The maximum absolute atomic E-state index is 5.11. The van der Waals surface area contributed by atoms with Crippen molar-refractivity contribution < 1.29 is 0 Å². The molecule has 4 rings (SSSR count). The fourth-order valence-electron chi connectivity index (χ4n) is 3.68. The smallest absolute Gasteiger partial charge is 0.112 e. The van der Waals surface area contributed by atoms with Crippen molar-refractivity contribution in [3.05, 3.63) is 17.2 Å². The average molecular weight is 245 g/mol. The third kappa shape index (κ3) is 1.80. The first kappa shape index (κ1) is 11.0. The van der Waals surface area contributed by atoms with Crippen molar-refractivity contribution >= 4 is 0 Å². The average Bonchev–Trinajstić information content (AvgIpc) is 3.21. The molecule has 0 radical (unpaired) electrons. The molecular formula is C15H23N3. The van der Waals surface area contributed by atoms with Gasteiger partial charge in [0.1, 0.15) is 5.82 Å². The zero-order valence-electron chi connectivity index (χ0n) is 11.1. The van der Waals surface area contributed by atoms with E-state index in [1.165, 1.54) is 76.1 Å². The van der Waals surface area contributed by atoms with Gasteiger partial charge < -0.3 is 9.88 Å². The second-order valence-corrected chi connectivity index (χ2v) is 6.21. The van der Waals surface area contributed by atoms with Gasteiger partial charge in [-0.15, -0.1) is 0 Å². The number of piperidine rings is 1. The van der Waals surface area contributed by atoms with Crippen molar-refractivity contribution in [1.82, 2.24) is 14.9 Å². The Balaban J connectivity index is 1.72. The summed E-state index contributed by atoms with van der Waals surface area (Å²) in [6.45, 7) is 3.59. The van der Waals surface area contributed by atoms with Gasteiger partial charge in [-0.3, -0.25) is 0 Å². The normalized spacial score (nSPS) is 25.1. The lowest BCUT2D eigenvalue weighted by molar-refractivity contribution is 0.446. The molecule has 1 aromatic rings. The van der Waals surface area contributed by atoms with Crippen LogP contribution in [-0.2, 0) is 13.0 Å². The summed E-state index contributed by atoms with van der Waals surface area (Å²) in [4.78, 5) is 5.11. The van der Waals surface area contributed by atoms with Crippen molar-refractivity contribution in [2.24, 2.45) is 0 Å². The SMILES string of the molecule is C1CCn2c(C3CC3)nc(C3CCNCC3)c2C1. The number of rotatable bonds is 2. The van der Waals surface area contributed by atoms with E-state index in [0.717, 1.165) is 11.8 Å². The van der Waals surface area contributed by atoms with Crippen LogP contribution in [0.15, 0.2) is 0 Å². The van der Waals surface area contributed by atoms with E-state index >= 15 is 0 Å². The lowest BCUT2D eigenvalue weighted by atomic mass is 9.91. The molecule has 3 heterocycles. The highest BCUT2D eigenvalue weighted by Gasteiger charge is 2.33. The summed E-state index contributed by atoms with van der Waals surface area (Å²) < 4.78 is 2.60. The summed E-state index contributed by atoms with van der Waals surface area (Å²) in [5, 5.41) is 3.47. The number of nitrogens with zero attached hydrogens (tertiary/aromatic N) is 2. The third-order valence-electron chi connectivity index (χ3n) is 4.85. The summed E-state index contributed by atoms with van der Waals surface area (Å²) >= 11 is 0. The Kier molecular flexibility index (Phi) is 2.68. The molecule has 3 aliphatic rings. The van der Waals surface area contributed by atoms with Crippen LogP contribution in [0.3, 0.4) is 0 Å². The molecule has 1 saturated heterocycles. The predicted octanol–water partition coefficient (Wildman–Crippen LogP) is 2.56. The molecule has 2 aliphatic heterocycles. The van der Waals surface area contributed by atoms with Gasteiger partial charge in [0.05, 0.1) is 5.69 Å². The van der Waals surface area contributed by atoms with Crippen LogP contribution in [0.4, 0.5) is 0 Å². The first-order valence-electron chi connectivity index (χ1n) is 7.73. The number of hydrogen-bond acceptors (Lipinski definition) is 2. The Hall–Kier alpha value is -0.830. The molecule has 2 fully saturated rings. The fraction of sp³-hybridized carbons (Fsp3) is 0.800. The maximum atomic E-state index is 5.11. The minimum atomic E-state index is 0.734. The van der Waals surface area contributed by atoms with Crippen LogP contribution in [-0.4, -0.2) is 22.6 Å². The zero-order chi connectivity index (χ0) is 11.9. The molecule has 98 valence electrons. The van der Waals surface area contributed by atoms with E-state index < -0.39 is 0 Å². The monoisotopic (exact) mass is 245 g/mol. The predicted molar refractivity (Wildman–Crippen MR) is 72.0 cm³/mol. The van der Waals surface area contributed by atoms with Gasteiger partial charge in [0, 0.05) is 24.1 Å². The Morgan fingerprint density at radius 2 is 1.83 bits per heavy atom. The summed E-state index contributed by atoms with van der Waals surface area (Å²) in [5.74, 6) is 2.98. The zero-order valence-corrected chi connectivity index (χ0v) is 11.1. The molecule has 0 spiro atoms. The van der Waals surface area contributed by atoms with E-state index in [1.807, 2.05) is 0 Å². The first-order valence-corrected chi connectivity index (χ1v) is 7.73. The van der Waals surface area contributed by atoms with E-state index in [1.54, 1.807) is 5.69 Å². The molecule has 1 aromatic heterocycles. The van der Waals surface area contributed by atoms with Crippen LogP contribution in [0.5, 0.6) is 0 Å². The molecular weight excluding hydrogens is 222 g/mol. The Morgan fingerprint density at radius 3 is 2.61 bits per heavy atom. The van der Waals surface area contributed by atoms with Crippen LogP contribution in [0.2, 0.25) is 0 Å². The van der Waals surface area contributed by atoms with Gasteiger partial charge >= 0.3 is 0 Å². The van der Waals surface area contributed by atoms with Crippen molar-refractivity contribution in [3.8, 4) is 0 Å². The molecule has 3 nitrogen and oxygen atoms in total. The molecule has 18 heavy (non-hydrogen) atoms. The minimum absolute atomic E-state index is 0.734. The van der Waals surface area contributed by atoms with Gasteiger partial charge in [0.2, 0.25) is 0 Å². The van der Waals surface area contributed by atoms with Gasteiger partial charge in [-0.05, 0) is 58.0 Å². The van der Waals surface area contributed by atoms with Crippen molar-refractivity contribution in [2.45, 2.75) is 63.3 Å². The summed E-state index contributed by atoms with van der Waals surface area (Å²) in [7, 11) is 0. The summed E-state index contributed by atoms with van der Waals surface area (Å²) in [5.41, 5.74) is 3.09. The first-order chi connectivity index (χ1) is 8.93. The molecule has 3 heteroatoms. The van der Waals surface area contributed by atoms with Crippen molar-refractivity contribution in [1.29, 1.82) is 0 Å². The lowest BCUT2D eigenvalue weighted by Gasteiger charge is -2.24. The second-order valence-electron chi connectivity index (χ2n) is 6.21. The number of aromatic nitrogens is 2. The molecule has 1 saturated carbocycles. The van der Waals surface area contributed by atoms with Crippen molar-refractivity contribution in [2.75, 3.05) is 13.1 Å². The highest BCUT2D eigenvalue weighted by Crippen LogP contribution is 2.42. The van der Waals surface area contributed by atoms with Crippen LogP contribution < -0.4 is 5.32 Å². The molecule has 0 atom stereocenters. The Labute approximate surface area is 109 Å². The van der Waals surface area contributed by atoms with Gasteiger partial charge in [-0.2, -0.15) is 0 Å². The molecule has 0 bridgehead atoms. The number of nitrogens with one attached hydrogen (secondary N) is 1. The molecule has 1 aliphatic carbocycles. The fourth-order valence-corrected chi connectivity index (χ4v) is 3.68. The van der Waals surface area contributed by atoms with Gasteiger partial charge in [0.15, 0.2) is 0 Å². The van der Waals surface area contributed by atoms with E-state index in [4.69, 9.17) is 4.98 Å². The second kappa shape index (κ2) is 4.37. The van der Waals surface area contributed by atoms with Crippen molar-refractivity contribution in [3.63, 3.8) is 0 Å². The van der Waals surface area contributed by atoms with E-state index in [9.17, 15) is 0 Å². The van der Waals surface area contributed by atoms with E-state index in [2.05, 4.69) is 9.88 Å². The molecule has 0 aromatic carbocycles. The topological polar surface area (TPSA) is 29.9 Å². The van der Waals surface area contributed by atoms with Gasteiger partial charge in [-0.1, -0.05) is 0 Å². The molecule has 0 unspecified atom stereocenters. The summed E-state index contributed by atoms with van der Waals surface area (Å²) in [6, 6.07) is 0. The Morgan fingerprint density at radius 1 is 1.00 bits per heavy atom. The summed E-state index contributed by atoms with van der Waals surface area (Å²) in [6.07, 6.45) is 9.33. The minimum Gasteiger partial charge on any atom is -0.332 e. The van der Waals surface area contributed by atoms with E-state index in [0.29, 0.717) is 0 Å². The number of hydrogen-bond donors (Lipinski definition) is 1. The van der Waals surface area contributed by atoms with Gasteiger partial charge in [0.25, 0.3) is 0 Å². The quantitative estimate of drug-likeness (QED) is 0.868. The number of imidazole rings is 1. The lowest BCUT2D eigenvalue weighted by Crippen LogP contribution is -2.27. The van der Waals surface area contributed by atoms with Crippen LogP contribution in [0.1, 0.15) is 67.6 Å². The molecule has 0 amide bonds.